The predicted molar refractivity (Wildman–Crippen MR) is 64.7 cm³/mol. The van der Waals surface area contributed by atoms with Gasteiger partial charge in [-0.1, -0.05) is 0 Å². The molecule has 0 amide bonds. The van der Waals surface area contributed by atoms with E-state index in [-0.39, 0.29) is 0 Å². The van der Waals surface area contributed by atoms with E-state index in [2.05, 4.69) is 15.2 Å². The summed E-state index contributed by atoms with van der Waals surface area (Å²) in [4.78, 5) is 5.33. The first-order chi connectivity index (χ1) is 8.24. The molecule has 0 aliphatic rings. The molecule has 0 spiro atoms. The SMILES string of the molecule is Nc1[nH]ncc1C(O)Cc1cn2ccsc2n1. The van der Waals surface area contributed by atoms with Crippen LogP contribution in [0.3, 0.4) is 0 Å². The van der Waals surface area contributed by atoms with Crippen LogP contribution in [0, 0.1) is 0 Å². The van der Waals surface area contributed by atoms with Crippen LogP contribution in [0.15, 0.2) is 24.0 Å². The minimum Gasteiger partial charge on any atom is -0.388 e. The Bertz CT molecular complexity index is 611. The third kappa shape index (κ3) is 1.79. The van der Waals surface area contributed by atoms with Gasteiger partial charge in [-0.15, -0.1) is 11.3 Å². The number of rotatable bonds is 3. The summed E-state index contributed by atoms with van der Waals surface area (Å²) in [6, 6.07) is 0. The van der Waals surface area contributed by atoms with E-state index < -0.39 is 6.10 Å². The maximum atomic E-state index is 10.0. The molecule has 3 aromatic rings. The first-order valence-corrected chi connectivity index (χ1v) is 6.00. The lowest BCUT2D eigenvalue weighted by Crippen LogP contribution is -2.04. The van der Waals surface area contributed by atoms with E-state index in [4.69, 9.17) is 5.73 Å². The number of fused-ring (bicyclic) bond motifs is 1. The van der Waals surface area contributed by atoms with Crippen molar-refractivity contribution in [1.29, 1.82) is 0 Å². The minimum absolute atomic E-state index is 0.401. The first kappa shape index (κ1) is 10.3. The Labute approximate surface area is 101 Å². The molecule has 1 atom stereocenters. The van der Waals surface area contributed by atoms with E-state index in [1.165, 1.54) is 0 Å². The van der Waals surface area contributed by atoms with Crippen LogP contribution in [0.5, 0.6) is 0 Å². The molecular formula is C10H11N5OS. The molecule has 88 valence electrons. The van der Waals surface area contributed by atoms with Crippen LogP contribution in [0.25, 0.3) is 4.96 Å². The lowest BCUT2D eigenvalue weighted by atomic mass is 10.1. The van der Waals surface area contributed by atoms with E-state index in [9.17, 15) is 5.11 Å². The zero-order chi connectivity index (χ0) is 11.8. The highest BCUT2D eigenvalue weighted by molar-refractivity contribution is 7.15. The Morgan fingerprint density at radius 1 is 1.59 bits per heavy atom. The fraction of sp³-hybridized carbons (Fsp3) is 0.200. The summed E-state index contributed by atoms with van der Waals surface area (Å²) in [5, 5.41) is 18.4. The number of nitrogens with zero attached hydrogens (tertiary/aromatic N) is 3. The molecule has 17 heavy (non-hydrogen) atoms. The normalized spacial score (nSPS) is 13.2. The third-order valence-corrected chi connectivity index (χ3v) is 3.37. The van der Waals surface area contributed by atoms with Gasteiger partial charge < -0.3 is 10.8 Å². The van der Waals surface area contributed by atoms with E-state index in [0.717, 1.165) is 10.7 Å². The van der Waals surface area contributed by atoms with Crippen molar-refractivity contribution in [2.24, 2.45) is 0 Å². The van der Waals surface area contributed by atoms with E-state index in [1.54, 1.807) is 17.5 Å². The Morgan fingerprint density at radius 2 is 2.47 bits per heavy atom. The summed E-state index contributed by atoms with van der Waals surface area (Å²) in [5.74, 6) is 0.401. The van der Waals surface area contributed by atoms with Gasteiger partial charge in [-0.25, -0.2) is 4.98 Å². The number of thiazole rings is 1. The van der Waals surface area contributed by atoms with Gasteiger partial charge in [-0.05, 0) is 0 Å². The Hall–Kier alpha value is -1.86. The second-order valence-electron chi connectivity index (χ2n) is 3.78. The fourth-order valence-electron chi connectivity index (χ4n) is 1.75. The smallest absolute Gasteiger partial charge is 0.193 e. The van der Waals surface area contributed by atoms with Gasteiger partial charge in [0.25, 0.3) is 0 Å². The van der Waals surface area contributed by atoms with Gasteiger partial charge in [0.05, 0.1) is 18.0 Å². The predicted octanol–water partition coefficient (Wildman–Crippen LogP) is 0.977. The van der Waals surface area contributed by atoms with Crippen LogP contribution in [-0.2, 0) is 6.42 Å². The molecule has 0 fully saturated rings. The molecule has 0 aliphatic carbocycles. The molecule has 3 rings (SSSR count). The molecule has 0 bridgehead atoms. The number of aromatic nitrogens is 4. The number of nitrogens with one attached hydrogen (secondary N) is 1. The van der Waals surface area contributed by atoms with Crippen molar-refractivity contribution in [2.75, 3.05) is 5.73 Å². The number of H-pyrrole nitrogens is 1. The quantitative estimate of drug-likeness (QED) is 0.645. The average molecular weight is 249 g/mol. The van der Waals surface area contributed by atoms with Crippen molar-refractivity contribution in [2.45, 2.75) is 12.5 Å². The van der Waals surface area contributed by atoms with Crippen molar-refractivity contribution in [1.82, 2.24) is 19.6 Å². The Balaban J connectivity index is 1.83. The first-order valence-electron chi connectivity index (χ1n) is 5.12. The second-order valence-corrected chi connectivity index (χ2v) is 4.66. The van der Waals surface area contributed by atoms with Crippen LogP contribution in [-0.4, -0.2) is 24.7 Å². The van der Waals surface area contributed by atoms with Crippen molar-refractivity contribution >= 4 is 22.1 Å². The number of aromatic amines is 1. The highest BCUT2D eigenvalue weighted by Gasteiger charge is 2.15. The molecule has 0 saturated heterocycles. The summed E-state index contributed by atoms with van der Waals surface area (Å²) in [7, 11) is 0. The van der Waals surface area contributed by atoms with Crippen LogP contribution in [0.4, 0.5) is 5.82 Å². The molecule has 6 nitrogen and oxygen atoms in total. The molecule has 3 heterocycles. The van der Waals surface area contributed by atoms with E-state index >= 15 is 0 Å². The van der Waals surface area contributed by atoms with Crippen LogP contribution in [0.2, 0.25) is 0 Å². The second kappa shape index (κ2) is 3.86. The molecule has 4 N–H and O–H groups in total. The van der Waals surface area contributed by atoms with Gasteiger partial charge >= 0.3 is 0 Å². The number of imidazole rings is 1. The van der Waals surface area contributed by atoms with Crippen LogP contribution in [0.1, 0.15) is 17.4 Å². The van der Waals surface area contributed by atoms with Crippen molar-refractivity contribution in [3.8, 4) is 0 Å². The number of hydrogen-bond donors (Lipinski definition) is 3. The number of aliphatic hydroxyl groups is 1. The molecule has 0 radical (unpaired) electrons. The molecule has 1 unspecified atom stereocenters. The highest BCUT2D eigenvalue weighted by Crippen LogP contribution is 2.22. The summed E-state index contributed by atoms with van der Waals surface area (Å²) in [5.41, 5.74) is 7.10. The van der Waals surface area contributed by atoms with Crippen molar-refractivity contribution < 1.29 is 5.11 Å². The monoisotopic (exact) mass is 249 g/mol. The number of aliphatic hydroxyl groups excluding tert-OH is 1. The summed E-state index contributed by atoms with van der Waals surface area (Å²) in [6.07, 6.45) is 5.13. The van der Waals surface area contributed by atoms with Crippen LogP contribution >= 0.6 is 11.3 Å². The van der Waals surface area contributed by atoms with Gasteiger partial charge in [0.1, 0.15) is 5.82 Å². The molecule has 0 aromatic carbocycles. The largest absolute Gasteiger partial charge is 0.388 e. The van der Waals surface area contributed by atoms with Gasteiger partial charge in [0.15, 0.2) is 4.96 Å². The van der Waals surface area contributed by atoms with Crippen LogP contribution < -0.4 is 5.73 Å². The number of hydrogen-bond acceptors (Lipinski definition) is 5. The molecular weight excluding hydrogens is 238 g/mol. The number of anilines is 1. The maximum absolute atomic E-state index is 10.0. The summed E-state index contributed by atoms with van der Waals surface area (Å²) < 4.78 is 1.94. The molecule has 7 heteroatoms. The fourth-order valence-corrected chi connectivity index (χ4v) is 2.47. The zero-order valence-electron chi connectivity index (χ0n) is 8.87. The standard InChI is InChI=1S/C10H11N5OS/c11-9-7(4-12-14-9)8(16)3-6-5-15-1-2-17-10(15)13-6/h1-2,4-5,8,16H,3H2,(H3,11,12,14). The van der Waals surface area contributed by atoms with Gasteiger partial charge in [0, 0.05) is 29.8 Å². The summed E-state index contributed by atoms with van der Waals surface area (Å²) in [6.45, 7) is 0. The molecule has 3 aromatic heterocycles. The minimum atomic E-state index is -0.682. The highest BCUT2D eigenvalue weighted by atomic mass is 32.1. The third-order valence-electron chi connectivity index (χ3n) is 2.60. The van der Waals surface area contributed by atoms with Gasteiger partial charge in [-0.3, -0.25) is 9.50 Å². The Kier molecular flexibility index (Phi) is 2.34. The van der Waals surface area contributed by atoms with Crippen molar-refractivity contribution in [3.63, 3.8) is 0 Å². The molecule has 0 saturated carbocycles. The summed E-state index contributed by atoms with van der Waals surface area (Å²) >= 11 is 1.56. The van der Waals surface area contributed by atoms with Gasteiger partial charge in [0.2, 0.25) is 0 Å². The van der Waals surface area contributed by atoms with E-state index in [1.807, 2.05) is 22.2 Å². The molecule has 0 aliphatic heterocycles. The Morgan fingerprint density at radius 3 is 3.18 bits per heavy atom. The number of nitrogen functional groups attached to an aromatic ring is 1. The van der Waals surface area contributed by atoms with Crippen molar-refractivity contribution in [3.05, 3.63) is 35.2 Å². The lowest BCUT2D eigenvalue weighted by molar-refractivity contribution is 0.178. The number of nitrogens with two attached hydrogens (primary N) is 1. The average Bonchev–Trinajstić information content (AvgIpc) is 2.92. The maximum Gasteiger partial charge on any atom is 0.193 e. The van der Waals surface area contributed by atoms with Gasteiger partial charge in [-0.2, -0.15) is 5.10 Å². The zero-order valence-corrected chi connectivity index (χ0v) is 9.68. The van der Waals surface area contributed by atoms with E-state index in [0.29, 0.717) is 17.8 Å². The lowest BCUT2D eigenvalue weighted by Gasteiger charge is -2.06. The topological polar surface area (TPSA) is 92.2 Å².